The van der Waals surface area contributed by atoms with Crippen LogP contribution in [0.4, 0.5) is 0 Å². The van der Waals surface area contributed by atoms with E-state index in [1.807, 2.05) is 0 Å². The van der Waals surface area contributed by atoms with Gasteiger partial charge < -0.3 is 4.48 Å². The zero-order valence-corrected chi connectivity index (χ0v) is 10.4. The first-order valence-electron chi connectivity index (χ1n) is 6.60. The van der Waals surface area contributed by atoms with E-state index >= 15 is 0 Å². The molecule has 90 valence electrons. The number of piperazine rings is 3. The average molecular weight is 229 g/mol. The van der Waals surface area contributed by atoms with E-state index < -0.39 is 0 Å². The normalized spacial score (nSPS) is 33.3. The topological polar surface area (TPSA) is 3.24 Å². The molecule has 0 aromatic heterocycles. The fourth-order valence-electron chi connectivity index (χ4n) is 3.44. The highest BCUT2D eigenvalue weighted by Gasteiger charge is 2.43. The lowest BCUT2D eigenvalue weighted by atomic mass is 9.98. The molecular weight excluding hydrogens is 208 g/mol. The van der Waals surface area contributed by atoms with Gasteiger partial charge in [0.25, 0.3) is 0 Å². The molecule has 1 unspecified atom stereocenters. The number of rotatable bonds is 3. The molecule has 0 amide bonds. The second-order valence-corrected chi connectivity index (χ2v) is 5.32. The summed E-state index contributed by atoms with van der Waals surface area (Å²) in [5.74, 6) is 0. The van der Waals surface area contributed by atoms with Crippen LogP contribution in [0.5, 0.6) is 0 Å². The van der Waals surface area contributed by atoms with Gasteiger partial charge in [-0.05, 0) is 6.08 Å². The molecule has 3 aliphatic heterocycles. The molecule has 0 spiro atoms. The Bertz CT molecular complexity index is 377. The van der Waals surface area contributed by atoms with E-state index in [9.17, 15) is 0 Å². The Morgan fingerprint density at radius 1 is 1.06 bits per heavy atom. The molecule has 1 aromatic carbocycles. The Morgan fingerprint density at radius 2 is 1.65 bits per heavy atom. The van der Waals surface area contributed by atoms with Crippen LogP contribution < -0.4 is 0 Å². The summed E-state index contributed by atoms with van der Waals surface area (Å²) in [5.41, 5.74) is 1.43. The van der Waals surface area contributed by atoms with Crippen molar-refractivity contribution in [3.63, 3.8) is 0 Å². The maximum atomic E-state index is 4.09. The molecule has 0 radical (unpaired) electrons. The summed E-state index contributed by atoms with van der Waals surface area (Å²) < 4.78 is 1.23. The summed E-state index contributed by atoms with van der Waals surface area (Å²) in [5, 5.41) is 0. The fourth-order valence-corrected chi connectivity index (χ4v) is 3.44. The van der Waals surface area contributed by atoms with Crippen molar-refractivity contribution in [1.82, 2.24) is 4.90 Å². The zero-order chi connectivity index (χ0) is 11.7. The van der Waals surface area contributed by atoms with Crippen LogP contribution in [0.3, 0.4) is 0 Å². The smallest absolute Gasteiger partial charge is 0.133 e. The summed E-state index contributed by atoms with van der Waals surface area (Å²) >= 11 is 0. The third-order valence-corrected chi connectivity index (χ3v) is 4.54. The lowest BCUT2D eigenvalue weighted by Gasteiger charge is -2.53. The molecule has 0 aliphatic carbocycles. The van der Waals surface area contributed by atoms with E-state index in [-0.39, 0.29) is 0 Å². The number of hydrogen-bond donors (Lipinski definition) is 0. The lowest BCUT2D eigenvalue weighted by molar-refractivity contribution is -0.962. The largest absolute Gasteiger partial charge is 0.311 e. The second kappa shape index (κ2) is 4.28. The molecule has 4 rings (SSSR count). The van der Waals surface area contributed by atoms with Crippen LogP contribution in [0.15, 0.2) is 43.0 Å². The fraction of sp³-hybridized carbons (Fsp3) is 0.467. The maximum Gasteiger partial charge on any atom is 0.133 e. The molecular formula is C15H21N2+. The van der Waals surface area contributed by atoms with Gasteiger partial charge in [0.05, 0.1) is 19.6 Å². The summed E-state index contributed by atoms with van der Waals surface area (Å²) in [4.78, 5) is 2.59. The predicted octanol–water partition coefficient (Wildman–Crippen LogP) is 2.06. The molecule has 0 N–H and O–H groups in total. The van der Waals surface area contributed by atoms with E-state index in [1.165, 1.54) is 49.3 Å². The zero-order valence-electron chi connectivity index (χ0n) is 10.4. The molecule has 3 aliphatic rings. The molecule has 1 aromatic rings. The van der Waals surface area contributed by atoms with E-state index in [1.54, 1.807) is 0 Å². The number of quaternary nitrogens is 1. The van der Waals surface area contributed by atoms with Crippen LogP contribution in [-0.4, -0.2) is 48.7 Å². The standard InChI is InChI=1S/C15H21N2/c1-2-15(14-6-4-3-5-7-14)17-11-8-16(9-12-17)10-13-17/h2-7,15H,1,8-13H2/q+1. The van der Waals surface area contributed by atoms with Gasteiger partial charge in [0.15, 0.2) is 0 Å². The van der Waals surface area contributed by atoms with Gasteiger partial charge in [-0.25, -0.2) is 0 Å². The van der Waals surface area contributed by atoms with Crippen molar-refractivity contribution in [2.24, 2.45) is 0 Å². The summed E-state index contributed by atoms with van der Waals surface area (Å²) in [6.45, 7) is 11.7. The van der Waals surface area contributed by atoms with Gasteiger partial charge >= 0.3 is 0 Å². The van der Waals surface area contributed by atoms with Gasteiger partial charge in [-0.3, -0.25) is 4.90 Å². The van der Waals surface area contributed by atoms with Crippen molar-refractivity contribution in [2.75, 3.05) is 39.3 Å². The van der Waals surface area contributed by atoms with Crippen LogP contribution in [-0.2, 0) is 0 Å². The molecule has 2 nitrogen and oxygen atoms in total. The lowest BCUT2D eigenvalue weighted by Crippen LogP contribution is -2.67. The summed E-state index contributed by atoms with van der Waals surface area (Å²) in [7, 11) is 0. The SMILES string of the molecule is C=CC(c1ccccc1)[N+]12CCN(CC1)CC2. The molecule has 3 saturated heterocycles. The van der Waals surface area contributed by atoms with E-state index in [4.69, 9.17) is 0 Å². The molecule has 2 heteroatoms. The van der Waals surface area contributed by atoms with Crippen LogP contribution >= 0.6 is 0 Å². The first-order chi connectivity index (χ1) is 8.34. The van der Waals surface area contributed by atoms with E-state index in [0.29, 0.717) is 6.04 Å². The van der Waals surface area contributed by atoms with Crippen molar-refractivity contribution >= 4 is 0 Å². The van der Waals surface area contributed by atoms with Gasteiger partial charge in [0.2, 0.25) is 0 Å². The minimum Gasteiger partial charge on any atom is -0.311 e. The Balaban J connectivity index is 1.92. The van der Waals surface area contributed by atoms with E-state index in [0.717, 1.165) is 0 Å². The number of fused-ring (bicyclic) bond motifs is 3. The third kappa shape index (κ3) is 1.81. The summed E-state index contributed by atoms with van der Waals surface area (Å²) in [6, 6.07) is 11.4. The van der Waals surface area contributed by atoms with Gasteiger partial charge in [0, 0.05) is 25.2 Å². The molecule has 17 heavy (non-hydrogen) atoms. The Morgan fingerprint density at radius 3 is 2.18 bits per heavy atom. The first kappa shape index (κ1) is 11.0. The third-order valence-electron chi connectivity index (χ3n) is 4.54. The van der Waals surface area contributed by atoms with Gasteiger partial charge in [-0.15, -0.1) is 0 Å². The highest BCUT2D eigenvalue weighted by atomic mass is 15.5. The number of nitrogens with zero attached hydrogens (tertiary/aromatic N) is 2. The van der Waals surface area contributed by atoms with Crippen LogP contribution in [0.2, 0.25) is 0 Å². The highest BCUT2D eigenvalue weighted by Crippen LogP contribution is 2.34. The maximum absolute atomic E-state index is 4.09. The molecule has 3 fully saturated rings. The van der Waals surface area contributed by atoms with E-state index in [2.05, 4.69) is 47.9 Å². The van der Waals surface area contributed by atoms with Gasteiger partial charge in [-0.1, -0.05) is 36.9 Å². The highest BCUT2D eigenvalue weighted by molar-refractivity contribution is 5.21. The Kier molecular flexibility index (Phi) is 2.77. The molecule has 3 heterocycles. The quantitative estimate of drug-likeness (QED) is 0.566. The van der Waals surface area contributed by atoms with Crippen LogP contribution in [0, 0.1) is 0 Å². The van der Waals surface area contributed by atoms with Gasteiger partial charge in [-0.2, -0.15) is 0 Å². The number of benzene rings is 1. The van der Waals surface area contributed by atoms with Crippen LogP contribution in [0.1, 0.15) is 11.6 Å². The van der Waals surface area contributed by atoms with Crippen molar-refractivity contribution in [3.8, 4) is 0 Å². The summed E-state index contributed by atoms with van der Waals surface area (Å²) in [6.07, 6.45) is 2.16. The molecule has 1 atom stereocenters. The van der Waals surface area contributed by atoms with Crippen molar-refractivity contribution in [2.45, 2.75) is 6.04 Å². The number of hydrogen-bond acceptors (Lipinski definition) is 1. The predicted molar refractivity (Wildman–Crippen MR) is 70.7 cm³/mol. The first-order valence-corrected chi connectivity index (χ1v) is 6.60. The van der Waals surface area contributed by atoms with Crippen molar-refractivity contribution < 1.29 is 4.48 Å². The van der Waals surface area contributed by atoms with Gasteiger partial charge in [0.1, 0.15) is 6.04 Å². The minimum atomic E-state index is 0.485. The Labute approximate surface area is 104 Å². The second-order valence-electron chi connectivity index (χ2n) is 5.32. The molecule has 0 saturated carbocycles. The van der Waals surface area contributed by atoms with Crippen molar-refractivity contribution in [1.29, 1.82) is 0 Å². The molecule has 2 bridgehead atoms. The minimum absolute atomic E-state index is 0.485. The van der Waals surface area contributed by atoms with Crippen molar-refractivity contribution in [3.05, 3.63) is 48.6 Å². The monoisotopic (exact) mass is 229 g/mol. The average Bonchev–Trinajstić information content (AvgIpc) is 2.42. The van der Waals surface area contributed by atoms with Crippen LogP contribution in [0.25, 0.3) is 0 Å². The Hall–Kier alpha value is -1.12.